The van der Waals surface area contributed by atoms with Crippen molar-refractivity contribution in [3.63, 3.8) is 0 Å². The van der Waals surface area contributed by atoms with Crippen LogP contribution in [0.15, 0.2) is 70.6 Å². The van der Waals surface area contributed by atoms with E-state index in [1.54, 1.807) is 18.3 Å². The van der Waals surface area contributed by atoms with E-state index in [1.807, 2.05) is 56.0 Å². The Morgan fingerprint density at radius 2 is 1.77 bits per heavy atom. The first-order valence-corrected chi connectivity index (χ1v) is 13.7. The fourth-order valence-corrected chi connectivity index (χ4v) is 6.63. The number of halogens is 3. The molecular weight excluding hydrogens is 522 g/mol. The van der Waals surface area contributed by atoms with Gasteiger partial charge in [0.2, 0.25) is 0 Å². The third-order valence-electron chi connectivity index (χ3n) is 8.93. The molecule has 2 heterocycles. The number of amidine groups is 1. The van der Waals surface area contributed by atoms with Gasteiger partial charge in [-0.05, 0) is 53.9 Å². The van der Waals surface area contributed by atoms with Gasteiger partial charge in [-0.3, -0.25) is 0 Å². The van der Waals surface area contributed by atoms with Gasteiger partial charge in [-0.25, -0.2) is 13.8 Å². The van der Waals surface area contributed by atoms with Gasteiger partial charge in [0.15, 0.2) is 6.29 Å². The van der Waals surface area contributed by atoms with E-state index < -0.39 is 18.1 Å². The van der Waals surface area contributed by atoms with Gasteiger partial charge in [-0.1, -0.05) is 74.8 Å². The average molecular weight is 557 g/mol. The standard InChI is InChI=1S/C30H35ClF2N4O2/c1-16(2)30(29(38)39)12-11-22(14-30)28-36-24(25-27(34)35-15-23(31)37(25)28)19-9-7-18(8-10-19)17(3)20-5-4-6-21(13-20)26(32)33/h4-10,13,15-17,22,26,28-29,36,38-39H,11-12,14H2,1-3H3,(H2,34,35)/t17-,22?,28?,30+/m0/s1. The Bertz CT molecular complexity index is 1310. The lowest BCUT2D eigenvalue weighted by Gasteiger charge is -2.37. The fraction of sp³-hybridized carbons (Fsp3) is 0.433. The second kappa shape index (κ2) is 10.6. The zero-order valence-corrected chi connectivity index (χ0v) is 23.0. The van der Waals surface area contributed by atoms with Crippen molar-refractivity contribution in [3.05, 3.63) is 87.8 Å². The maximum Gasteiger partial charge on any atom is 0.263 e. The molecule has 2 aromatic carbocycles. The number of aliphatic imine (C=N–C) groups is 1. The van der Waals surface area contributed by atoms with Crippen LogP contribution in [0.2, 0.25) is 0 Å². The summed E-state index contributed by atoms with van der Waals surface area (Å²) in [6.45, 7) is 6.06. The van der Waals surface area contributed by atoms with Crippen LogP contribution in [-0.2, 0) is 0 Å². The lowest BCUT2D eigenvalue weighted by Crippen LogP contribution is -2.45. The summed E-state index contributed by atoms with van der Waals surface area (Å²) in [6, 6.07) is 14.5. The smallest absolute Gasteiger partial charge is 0.263 e. The van der Waals surface area contributed by atoms with E-state index in [-0.39, 0.29) is 29.5 Å². The van der Waals surface area contributed by atoms with Crippen LogP contribution >= 0.6 is 11.6 Å². The monoisotopic (exact) mass is 556 g/mol. The Kier molecular flexibility index (Phi) is 7.48. The normalized spacial score (nSPS) is 25.8. The van der Waals surface area contributed by atoms with Crippen LogP contribution in [-0.4, -0.2) is 33.4 Å². The number of rotatable bonds is 7. The molecule has 208 valence electrons. The van der Waals surface area contributed by atoms with Gasteiger partial charge >= 0.3 is 0 Å². The molecule has 0 aromatic heterocycles. The van der Waals surface area contributed by atoms with Crippen molar-refractivity contribution in [1.82, 2.24) is 10.2 Å². The van der Waals surface area contributed by atoms with E-state index in [2.05, 4.69) is 10.3 Å². The Morgan fingerprint density at radius 1 is 1.08 bits per heavy atom. The number of hydrogen-bond donors (Lipinski definition) is 4. The minimum atomic E-state index is -2.51. The van der Waals surface area contributed by atoms with Gasteiger partial charge < -0.3 is 26.2 Å². The van der Waals surface area contributed by atoms with Gasteiger partial charge in [0, 0.05) is 16.9 Å². The van der Waals surface area contributed by atoms with Crippen LogP contribution in [0, 0.1) is 17.3 Å². The van der Waals surface area contributed by atoms with Gasteiger partial charge in [0.25, 0.3) is 6.43 Å². The molecule has 3 aliphatic rings. The van der Waals surface area contributed by atoms with Crippen LogP contribution < -0.4 is 11.1 Å². The summed E-state index contributed by atoms with van der Waals surface area (Å²) in [5, 5.41) is 24.7. The molecule has 2 aliphatic heterocycles. The quantitative estimate of drug-likeness (QED) is 0.254. The zero-order chi connectivity index (χ0) is 28.1. The van der Waals surface area contributed by atoms with Crippen molar-refractivity contribution in [2.24, 2.45) is 28.0 Å². The van der Waals surface area contributed by atoms with E-state index >= 15 is 0 Å². The zero-order valence-electron chi connectivity index (χ0n) is 22.3. The van der Waals surface area contributed by atoms with E-state index in [0.717, 1.165) is 28.8 Å². The number of nitrogens with one attached hydrogen (secondary N) is 1. The number of benzene rings is 2. The lowest BCUT2D eigenvalue weighted by molar-refractivity contribution is -0.153. The number of nitrogens with two attached hydrogens (primary N) is 1. The second-order valence-corrected chi connectivity index (χ2v) is 11.6. The van der Waals surface area contributed by atoms with Gasteiger partial charge in [-0.2, -0.15) is 0 Å². The SMILES string of the molecule is CC(C)[C@@]1(C(O)O)CCC(C2NC(c3ccc([C@H](C)c4cccc(C(F)F)c4)cc3)=C3C(N)=NC=C(Cl)N32)C1. The third kappa shape index (κ3) is 4.83. The van der Waals surface area contributed by atoms with Crippen LogP contribution in [0.4, 0.5) is 8.78 Å². The average Bonchev–Trinajstić information content (AvgIpc) is 3.55. The highest BCUT2D eigenvalue weighted by atomic mass is 35.5. The first-order valence-electron chi connectivity index (χ1n) is 13.4. The van der Waals surface area contributed by atoms with Crippen molar-refractivity contribution in [2.45, 2.75) is 64.8 Å². The maximum atomic E-state index is 13.2. The number of alkyl halides is 2. The van der Waals surface area contributed by atoms with Crippen LogP contribution in [0.1, 0.15) is 74.6 Å². The number of aliphatic hydroxyl groups is 2. The summed E-state index contributed by atoms with van der Waals surface area (Å²) < 4.78 is 26.4. The minimum absolute atomic E-state index is 0.0170. The lowest BCUT2D eigenvalue weighted by atomic mass is 9.74. The molecule has 1 aliphatic carbocycles. The summed E-state index contributed by atoms with van der Waals surface area (Å²) in [5.41, 5.74) is 10.0. The number of fused-ring (bicyclic) bond motifs is 1. The Balaban J connectivity index is 1.44. The van der Waals surface area contributed by atoms with Crippen molar-refractivity contribution in [2.75, 3.05) is 0 Å². The summed E-state index contributed by atoms with van der Waals surface area (Å²) >= 11 is 6.67. The third-order valence-corrected chi connectivity index (χ3v) is 9.21. The molecular formula is C30H35ClF2N4O2. The Hall–Kier alpha value is -2.94. The van der Waals surface area contributed by atoms with Crippen molar-refractivity contribution < 1.29 is 19.0 Å². The van der Waals surface area contributed by atoms with Crippen molar-refractivity contribution in [3.8, 4) is 0 Å². The Labute approximate surface area is 232 Å². The summed E-state index contributed by atoms with van der Waals surface area (Å²) in [4.78, 5) is 6.27. The summed E-state index contributed by atoms with van der Waals surface area (Å²) in [5.74, 6) is 0.477. The van der Waals surface area contributed by atoms with Gasteiger partial charge in [0.1, 0.15) is 22.9 Å². The molecule has 5 N–H and O–H groups in total. The molecule has 2 unspecified atom stereocenters. The molecule has 0 amide bonds. The van der Waals surface area contributed by atoms with Crippen LogP contribution in [0.25, 0.3) is 5.70 Å². The maximum absolute atomic E-state index is 13.2. The molecule has 5 rings (SSSR count). The number of nitrogens with zero attached hydrogens (tertiary/aromatic N) is 2. The molecule has 0 saturated heterocycles. The summed E-state index contributed by atoms with van der Waals surface area (Å²) in [6.07, 6.45) is -0.442. The first kappa shape index (κ1) is 27.6. The van der Waals surface area contributed by atoms with E-state index in [0.29, 0.717) is 29.5 Å². The topological polar surface area (TPSA) is 94.1 Å². The molecule has 1 saturated carbocycles. The summed E-state index contributed by atoms with van der Waals surface area (Å²) in [7, 11) is 0. The predicted molar refractivity (Wildman–Crippen MR) is 149 cm³/mol. The van der Waals surface area contributed by atoms with Crippen molar-refractivity contribution >= 4 is 23.1 Å². The second-order valence-electron chi connectivity index (χ2n) is 11.2. The largest absolute Gasteiger partial charge is 0.382 e. The molecule has 2 aromatic rings. The molecule has 0 spiro atoms. The molecule has 4 atom stereocenters. The highest BCUT2D eigenvalue weighted by Crippen LogP contribution is 2.52. The molecule has 39 heavy (non-hydrogen) atoms. The molecule has 0 radical (unpaired) electrons. The van der Waals surface area contributed by atoms with E-state index in [4.69, 9.17) is 17.3 Å². The molecule has 1 fully saturated rings. The highest BCUT2D eigenvalue weighted by Gasteiger charge is 2.51. The molecule has 9 heteroatoms. The number of hydrogen-bond acceptors (Lipinski definition) is 6. The molecule has 0 bridgehead atoms. The molecule has 6 nitrogen and oxygen atoms in total. The van der Waals surface area contributed by atoms with E-state index in [1.165, 1.54) is 6.07 Å². The number of aliphatic hydroxyl groups excluding tert-OH is 1. The minimum Gasteiger partial charge on any atom is -0.382 e. The van der Waals surface area contributed by atoms with E-state index in [9.17, 15) is 19.0 Å². The van der Waals surface area contributed by atoms with Crippen LogP contribution in [0.3, 0.4) is 0 Å². The highest BCUT2D eigenvalue weighted by molar-refractivity contribution is 6.30. The van der Waals surface area contributed by atoms with Gasteiger partial charge in [0.05, 0.1) is 11.9 Å². The predicted octanol–water partition coefficient (Wildman–Crippen LogP) is 5.84. The fourth-order valence-electron chi connectivity index (χ4n) is 6.39. The Morgan fingerprint density at radius 3 is 2.38 bits per heavy atom. The van der Waals surface area contributed by atoms with Crippen LogP contribution in [0.5, 0.6) is 0 Å². The van der Waals surface area contributed by atoms with Gasteiger partial charge in [-0.15, -0.1) is 0 Å². The first-order chi connectivity index (χ1) is 18.5. The van der Waals surface area contributed by atoms with Crippen molar-refractivity contribution in [1.29, 1.82) is 0 Å².